The van der Waals surface area contributed by atoms with Gasteiger partial charge in [0.2, 0.25) is 5.89 Å². The second-order valence-electron chi connectivity index (χ2n) is 8.23. The smallest absolute Gasteiger partial charge is 0.264 e. The molecule has 32 heavy (non-hydrogen) atoms. The summed E-state index contributed by atoms with van der Waals surface area (Å²) >= 11 is 1.29. The number of fused-ring (bicyclic) bond motifs is 1. The lowest BCUT2D eigenvalue weighted by Crippen LogP contribution is -2.38. The summed E-state index contributed by atoms with van der Waals surface area (Å²) in [4.78, 5) is 38.1. The van der Waals surface area contributed by atoms with E-state index in [4.69, 9.17) is 4.42 Å². The minimum absolute atomic E-state index is 0.0833. The standard InChI is InChI=1S/C24H24N4O3S/c1-15-19-22(26-14-27(2)23(19)29)32-20(15)24(30)28-11-7-6-10-18(28)21-25-13-17(31-21)12-16-8-4-3-5-9-16/h3-5,8-9,13-14,18H,6-7,10-12H2,1-2H3. The average molecular weight is 449 g/mol. The van der Waals surface area contributed by atoms with E-state index in [1.54, 1.807) is 13.2 Å². The Hall–Kier alpha value is -3.26. The van der Waals surface area contributed by atoms with Crippen molar-refractivity contribution in [2.75, 3.05) is 6.54 Å². The monoisotopic (exact) mass is 448 g/mol. The molecule has 3 aromatic heterocycles. The van der Waals surface area contributed by atoms with E-state index in [9.17, 15) is 9.59 Å². The minimum atomic E-state index is -0.207. The van der Waals surface area contributed by atoms with Gasteiger partial charge in [-0.3, -0.25) is 9.59 Å². The molecule has 1 aromatic carbocycles. The fourth-order valence-electron chi connectivity index (χ4n) is 4.33. The molecule has 0 aliphatic carbocycles. The van der Waals surface area contributed by atoms with Crippen LogP contribution in [0.2, 0.25) is 0 Å². The molecule has 4 heterocycles. The number of amides is 1. The maximum Gasteiger partial charge on any atom is 0.264 e. The van der Waals surface area contributed by atoms with Crippen molar-refractivity contribution in [1.82, 2.24) is 19.4 Å². The van der Waals surface area contributed by atoms with Gasteiger partial charge in [0, 0.05) is 20.0 Å². The second kappa shape index (κ2) is 8.35. The number of thiophene rings is 1. The van der Waals surface area contributed by atoms with E-state index in [-0.39, 0.29) is 17.5 Å². The van der Waals surface area contributed by atoms with Crippen molar-refractivity contribution < 1.29 is 9.21 Å². The lowest BCUT2D eigenvalue weighted by Gasteiger charge is -2.33. The van der Waals surface area contributed by atoms with Crippen LogP contribution in [0.5, 0.6) is 0 Å². The van der Waals surface area contributed by atoms with Gasteiger partial charge in [-0.2, -0.15) is 0 Å². The highest BCUT2D eigenvalue weighted by molar-refractivity contribution is 7.20. The van der Waals surface area contributed by atoms with Crippen LogP contribution in [0.1, 0.15) is 57.8 Å². The lowest BCUT2D eigenvalue weighted by atomic mass is 10.0. The average Bonchev–Trinajstić information content (AvgIpc) is 3.41. The first-order valence-corrected chi connectivity index (χ1v) is 11.6. The zero-order valence-electron chi connectivity index (χ0n) is 18.1. The first-order valence-electron chi connectivity index (χ1n) is 10.8. The molecule has 0 bridgehead atoms. The molecule has 0 spiro atoms. The van der Waals surface area contributed by atoms with Gasteiger partial charge < -0.3 is 13.9 Å². The predicted molar refractivity (Wildman–Crippen MR) is 123 cm³/mol. The summed E-state index contributed by atoms with van der Waals surface area (Å²) in [5.41, 5.74) is 1.73. The summed E-state index contributed by atoms with van der Waals surface area (Å²) < 4.78 is 7.55. The molecule has 8 heteroatoms. The molecule has 4 aromatic rings. The van der Waals surface area contributed by atoms with Gasteiger partial charge in [0.25, 0.3) is 11.5 Å². The maximum atomic E-state index is 13.6. The van der Waals surface area contributed by atoms with Crippen molar-refractivity contribution in [1.29, 1.82) is 0 Å². The Kier molecular flexibility index (Phi) is 5.38. The lowest BCUT2D eigenvalue weighted by molar-refractivity contribution is 0.0574. The Balaban J connectivity index is 1.45. The first-order chi connectivity index (χ1) is 15.5. The van der Waals surface area contributed by atoms with Gasteiger partial charge in [-0.1, -0.05) is 30.3 Å². The number of carbonyl (C=O) groups excluding carboxylic acids is 1. The van der Waals surface area contributed by atoms with Gasteiger partial charge in [-0.15, -0.1) is 11.3 Å². The van der Waals surface area contributed by atoms with Crippen molar-refractivity contribution in [3.63, 3.8) is 0 Å². The highest BCUT2D eigenvalue weighted by atomic mass is 32.1. The number of piperidine rings is 1. The van der Waals surface area contributed by atoms with Crippen LogP contribution in [-0.2, 0) is 13.5 Å². The molecule has 1 unspecified atom stereocenters. The van der Waals surface area contributed by atoms with Crippen LogP contribution in [0, 0.1) is 6.92 Å². The summed E-state index contributed by atoms with van der Waals surface area (Å²) in [7, 11) is 1.67. The molecule has 1 fully saturated rings. The summed E-state index contributed by atoms with van der Waals surface area (Å²) in [6.07, 6.45) is 6.68. The zero-order valence-corrected chi connectivity index (χ0v) is 18.9. The molecule has 1 amide bonds. The van der Waals surface area contributed by atoms with Crippen molar-refractivity contribution in [3.8, 4) is 0 Å². The summed E-state index contributed by atoms with van der Waals surface area (Å²) in [5, 5.41) is 0.526. The van der Waals surface area contributed by atoms with Crippen LogP contribution in [0.4, 0.5) is 0 Å². The van der Waals surface area contributed by atoms with Crippen molar-refractivity contribution >= 4 is 27.5 Å². The third kappa shape index (κ3) is 3.64. The van der Waals surface area contributed by atoms with E-state index in [0.29, 0.717) is 39.5 Å². The number of hydrogen-bond acceptors (Lipinski definition) is 6. The van der Waals surface area contributed by atoms with E-state index in [1.807, 2.05) is 30.0 Å². The number of aryl methyl sites for hydroxylation is 2. The third-order valence-corrected chi connectivity index (χ3v) is 7.23. The maximum absolute atomic E-state index is 13.6. The summed E-state index contributed by atoms with van der Waals surface area (Å²) in [6, 6.07) is 9.90. The predicted octanol–water partition coefficient (Wildman–Crippen LogP) is 4.25. The third-order valence-electron chi connectivity index (χ3n) is 6.05. The van der Waals surface area contributed by atoms with E-state index >= 15 is 0 Å². The van der Waals surface area contributed by atoms with Crippen LogP contribution in [0.3, 0.4) is 0 Å². The Morgan fingerprint density at radius 2 is 2.03 bits per heavy atom. The topological polar surface area (TPSA) is 81.2 Å². The summed E-state index contributed by atoms with van der Waals surface area (Å²) in [5.74, 6) is 1.28. The van der Waals surface area contributed by atoms with Crippen LogP contribution in [-0.4, -0.2) is 31.9 Å². The van der Waals surface area contributed by atoms with Gasteiger partial charge in [-0.25, -0.2) is 9.97 Å². The Bertz CT molecular complexity index is 1340. The fourth-order valence-corrected chi connectivity index (χ4v) is 5.43. The number of benzene rings is 1. The number of oxazole rings is 1. The quantitative estimate of drug-likeness (QED) is 0.466. The molecule has 5 rings (SSSR count). The van der Waals surface area contributed by atoms with Crippen LogP contribution in [0.15, 0.2) is 52.1 Å². The fraction of sp³-hybridized carbons (Fsp3) is 0.333. The Labute approximate surface area is 189 Å². The molecule has 0 saturated carbocycles. The Morgan fingerprint density at radius 1 is 1.22 bits per heavy atom. The van der Waals surface area contributed by atoms with E-state index in [2.05, 4.69) is 22.1 Å². The second-order valence-corrected chi connectivity index (χ2v) is 9.23. The molecular weight excluding hydrogens is 424 g/mol. The number of likely N-dealkylation sites (tertiary alicyclic amines) is 1. The normalized spacial score (nSPS) is 16.6. The van der Waals surface area contributed by atoms with Gasteiger partial charge in [0.1, 0.15) is 16.6 Å². The molecule has 1 aliphatic rings. The molecule has 7 nitrogen and oxygen atoms in total. The molecule has 1 saturated heterocycles. The highest BCUT2D eigenvalue weighted by Gasteiger charge is 2.34. The van der Waals surface area contributed by atoms with Crippen LogP contribution >= 0.6 is 11.3 Å². The molecule has 0 N–H and O–H groups in total. The number of rotatable bonds is 4. The van der Waals surface area contributed by atoms with Crippen molar-refractivity contribution in [2.45, 2.75) is 38.6 Å². The van der Waals surface area contributed by atoms with E-state index < -0.39 is 0 Å². The molecule has 1 atom stereocenters. The zero-order chi connectivity index (χ0) is 22.2. The van der Waals surface area contributed by atoms with E-state index in [1.165, 1.54) is 22.2 Å². The number of aromatic nitrogens is 3. The van der Waals surface area contributed by atoms with Crippen LogP contribution < -0.4 is 5.56 Å². The summed E-state index contributed by atoms with van der Waals surface area (Å²) in [6.45, 7) is 2.47. The van der Waals surface area contributed by atoms with Crippen molar-refractivity contribution in [2.24, 2.45) is 7.05 Å². The van der Waals surface area contributed by atoms with E-state index in [0.717, 1.165) is 30.6 Å². The highest BCUT2D eigenvalue weighted by Crippen LogP contribution is 2.35. The van der Waals surface area contributed by atoms with Gasteiger partial charge in [0.15, 0.2) is 0 Å². The van der Waals surface area contributed by atoms with Crippen LogP contribution in [0.25, 0.3) is 10.2 Å². The molecule has 0 radical (unpaired) electrons. The largest absolute Gasteiger partial charge is 0.443 e. The number of carbonyl (C=O) groups is 1. The SMILES string of the molecule is Cc1c(C(=O)N2CCCCC2c2ncc(Cc3ccccc3)o2)sc2ncn(C)c(=O)c12. The van der Waals surface area contributed by atoms with Gasteiger partial charge >= 0.3 is 0 Å². The number of nitrogens with zero attached hydrogens (tertiary/aromatic N) is 4. The first kappa shape index (κ1) is 20.6. The van der Waals surface area contributed by atoms with Gasteiger partial charge in [0.05, 0.1) is 22.8 Å². The minimum Gasteiger partial charge on any atom is -0.443 e. The molecule has 164 valence electrons. The van der Waals surface area contributed by atoms with Gasteiger partial charge in [-0.05, 0) is 37.3 Å². The number of hydrogen-bond donors (Lipinski definition) is 0. The molecule has 1 aliphatic heterocycles. The Morgan fingerprint density at radius 3 is 2.84 bits per heavy atom. The van der Waals surface area contributed by atoms with Crippen molar-refractivity contribution in [3.05, 3.63) is 80.9 Å². The molecular formula is C24H24N4O3S.